The van der Waals surface area contributed by atoms with Crippen molar-refractivity contribution in [2.45, 2.75) is 38.6 Å². The fourth-order valence-corrected chi connectivity index (χ4v) is 2.76. The van der Waals surface area contributed by atoms with Crippen LogP contribution in [0.1, 0.15) is 43.4 Å². The van der Waals surface area contributed by atoms with Crippen molar-refractivity contribution in [1.82, 2.24) is 15.1 Å². The first-order valence-electron chi connectivity index (χ1n) is 7.59. The molecule has 0 atom stereocenters. The Morgan fingerprint density at radius 3 is 2.65 bits per heavy atom. The molecule has 0 aliphatic heterocycles. The van der Waals surface area contributed by atoms with Gasteiger partial charge in [0.25, 0.3) is 0 Å². The Bertz CT molecular complexity index is 552. The number of nitrogens with zero attached hydrogens (tertiary/aromatic N) is 2. The van der Waals surface area contributed by atoms with Crippen LogP contribution in [0.25, 0.3) is 11.1 Å². The van der Waals surface area contributed by atoms with E-state index in [1.165, 1.54) is 36.0 Å². The third-order valence-electron chi connectivity index (χ3n) is 4.01. The van der Waals surface area contributed by atoms with Crippen LogP contribution in [0.4, 0.5) is 0 Å². The average molecular weight is 269 g/mol. The number of H-pyrrole nitrogens is 1. The van der Waals surface area contributed by atoms with Gasteiger partial charge in [0.05, 0.1) is 5.69 Å². The van der Waals surface area contributed by atoms with Crippen molar-refractivity contribution < 1.29 is 0 Å². The van der Waals surface area contributed by atoms with Crippen LogP contribution in [0.2, 0.25) is 0 Å². The van der Waals surface area contributed by atoms with Crippen LogP contribution in [0.15, 0.2) is 30.5 Å². The number of nitrogens with one attached hydrogen (secondary N) is 1. The van der Waals surface area contributed by atoms with Gasteiger partial charge in [-0.15, -0.1) is 0 Å². The smallest absolute Gasteiger partial charge is 0.0840 e. The van der Waals surface area contributed by atoms with Crippen molar-refractivity contribution in [3.8, 4) is 11.1 Å². The quantitative estimate of drug-likeness (QED) is 0.865. The predicted molar refractivity (Wildman–Crippen MR) is 82.6 cm³/mol. The van der Waals surface area contributed by atoms with Gasteiger partial charge in [0.15, 0.2) is 0 Å². The molecule has 1 aliphatic rings. The lowest BCUT2D eigenvalue weighted by Gasteiger charge is -2.14. The Kier molecular flexibility index (Phi) is 3.88. The van der Waals surface area contributed by atoms with Gasteiger partial charge in [-0.05, 0) is 49.9 Å². The van der Waals surface area contributed by atoms with Gasteiger partial charge in [0.1, 0.15) is 0 Å². The first-order chi connectivity index (χ1) is 9.78. The highest BCUT2D eigenvalue weighted by Crippen LogP contribution is 2.40. The maximum absolute atomic E-state index is 4.42. The zero-order valence-corrected chi connectivity index (χ0v) is 12.4. The Morgan fingerprint density at radius 2 is 2.00 bits per heavy atom. The predicted octanol–water partition coefficient (Wildman–Crippen LogP) is 3.80. The van der Waals surface area contributed by atoms with Crippen LogP contribution < -0.4 is 0 Å². The molecule has 3 nitrogen and oxygen atoms in total. The molecule has 0 bridgehead atoms. The number of aromatic nitrogens is 2. The second kappa shape index (κ2) is 5.80. The summed E-state index contributed by atoms with van der Waals surface area (Å²) in [5, 5.41) is 7.44. The summed E-state index contributed by atoms with van der Waals surface area (Å²) in [6, 6.07) is 9.03. The van der Waals surface area contributed by atoms with Gasteiger partial charge >= 0.3 is 0 Å². The third-order valence-corrected chi connectivity index (χ3v) is 4.01. The number of hydrogen-bond donors (Lipinski definition) is 1. The minimum absolute atomic E-state index is 0.823. The van der Waals surface area contributed by atoms with E-state index in [-0.39, 0.29) is 0 Å². The van der Waals surface area contributed by atoms with E-state index in [1.54, 1.807) is 0 Å². The first-order valence-corrected chi connectivity index (χ1v) is 7.59. The number of hydrogen-bond acceptors (Lipinski definition) is 2. The van der Waals surface area contributed by atoms with E-state index in [4.69, 9.17) is 0 Å². The van der Waals surface area contributed by atoms with Crippen LogP contribution in [-0.2, 0) is 6.54 Å². The molecule has 1 N–H and O–H groups in total. The van der Waals surface area contributed by atoms with Crippen LogP contribution in [0.5, 0.6) is 0 Å². The molecule has 0 spiro atoms. The van der Waals surface area contributed by atoms with Crippen LogP contribution in [-0.4, -0.2) is 28.7 Å². The van der Waals surface area contributed by atoms with Gasteiger partial charge < -0.3 is 4.90 Å². The van der Waals surface area contributed by atoms with Gasteiger partial charge in [-0.2, -0.15) is 5.10 Å². The Hall–Kier alpha value is -1.61. The maximum atomic E-state index is 4.42. The van der Waals surface area contributed by atoms with E-state index >= 15 is 0 Å². The van der Waals surface area contributed by atoms with Crippen LogP contribution >= 0.6 is 0 Å². The largest absolute Gasteiger partial charge is 0.300 e. The molecule has 1 aromatic carbocycles. The van der Waals surface area contributed by atoms with Gasteiger partial charge in [-0.3, -0.25) is 5.10 Å². The van der Waals surface area contributed by atoms with E-state index in [0.717, 1.165) is 24.7 Å². The minimum atomic E-state index is 0.823. The van der Waals surface area contributed by atoms with Crippen molar-refractivity contribution in [1.29, 1.82) is 0 Å². The molecule has 20 heavy (non-hydrogen) atoms. The lowest BCUT2D eigenvalue weighted by atomic mass is 10.0. The standard InChI is InChI=1S/C17H23N3/c1-3-10-20(2)12-17-16(11-18-19-17)15-8-6-14(7-9-15)13-4-5-13/h6-9,11,13H,3-5,10,12H2,1-2H3,(H,18,19). The molecule has 0 amide bonds. The summed E-state index contributed by atoms with van der Waals surface area (Å²) in [6.07, 6.45) is 5.91. The number of rotatable bonds is 6. The summed E-state index contributed by atoms with van der Waals surface area (Å²) >= 11 is 0. The van der Waals surface area contributed by atoms with Crippen molar-refractivity contribution in [3.63, 3.8) is 0 Å². The van der Waals surface area contributed by atoms with Gasteiger partial charge in [0, 0.05) is 18.3 Å². The van der Waals surface area contributed by atoms with E-state index in [1.807, 2.05) is 6.20 Å². The Labute approximate surface area is 121 Å². The SMILES string of the molecule is CCCN(C)Cc1n[nH]cc1-c1ccc(C2CC2)cc1. The van der Waals surface area contributed by atoms with Crippen molar-refractivity contribution in [2.24, 2.45) is 0 Å². The molecular weight excluding hydrogens is 246 g/mol. The lowest BCUT2D eigenvalue weighted by molar-refractivity contribution is 0.324. The maximum Gasteiger partial charge on any atom is 0.0840 e. The summed E-state index contributed by atoms with van der Waals surface area (Å²) in [6.45, 7) is 4.21. The molecule has 106 valence electrons. The zero-order chi connectivity index (χ0) is 13.9. The van der Waals surface area contributed by atoms with Gasteiger partial charge in [-0.25, -0.2) is 0 Å². The normalized spacial score (nSPS) is 14.9. The molecule has 1 heterocycles. The highest BCUT2D eigenvalue weighted by Gasteiger charge is 2.23. The van der Waals surface area contributed by atoms with Crippen LogP contribution in [0.3, 0.4) is 0 Å². The average Bonchev–Trinajstić information content (AvgIpc) is 3.20. The minimum Gasteiger partial charge on any atom is -0.300 e. The lowest BCUT2D eigenvalue weighted by Crippen LogP contribution is -2.19. The number of benzene rings is 1. The Balaban J connectivity index is 1.77. The molecular formula is C17H23N3. The monoisotopic (exact) mass is 269 g/mol. The third kappa shape index (κ3) is 2.93. The van der Waals surface area contributed by atoms with E-state index in [2.05, 4.69) is 53.3 Å². The number of aromatic amines is 1. The highest BCUT2D eigenvalue weighted by molar-refractivity contribution is 5.65. The van der Waals surface area contributed by atoms with Crippen molar-refractivity contribution in [3.05, 3.63) is 41.7 Å². The molecule has 0 unspecified atom stereocenters. The summed E-state index contributed by atoms with van der Waals surface area (Å²) in [4.78, 5) is 2.32. The summed E-state index contributed by atoms with van der Waals surface area (Å²) < 4.78 is 0. The van der Waals surface area contributed by atoms with E-state index in [0.29, 0.717) is 0 Å². The summed E-state index contributed by atoms with van der Waals surface area (Å²) in [5.41, 5.74) is 5.13. The summed E-state index contributed by atoms with van der Waals surface area (Å²) in [7, 11) is 2.15. The van der Waals surface area contributed by atoms with Crippen LogP contribution in [0, 0.1) is 0 Å². The summed E-state index contributed by atoms with van der Waals surface area (Å²) in [5.74, 6) is 0.823. The highest BCUT2D eigenvalue weighted by atomic mass is 15.2. The first kappa shape index (κ1) is 13.4. The zero-order valence-electron chi connectivity index (χ0n) is 12.4. The van der Waals surface area contributed by atoms with E-state index in [9.17, 15) is 0 Å². The van der Waals surface area contributed by atoms with Gasteiger partial charge in [0.2, 0.25) is 0 Å². The van der Waals surface area contributed by atoms with Crippen molar-refractivity contribution in [2.75, 3.05) is 13.6 Å². The Morgan fingerprint density at radius 1 is 1.25 bits per heavy atom. The van der Waals surface area contributed by atoms with Crippen molar-refractivity contribution >= 4 is 0 Å². The molecule has 0 radical (unpaired) electrons. The molecule has 1 aliphatic carbocycles. The molecule has 3 heteroatoms. The van der Waals surface area contributed by atoms with E-state index < -0.39 is 0 Å². The second-order valence-corrected chi connectivity index (χ2v) is 5.88. The molecule has 1 saturated carbocycles. The fraction of sp³-hybridized carbons (Fsp3) is 0.471. The molecule has 1 fully saturated rings. The molecule has 1 aromatic heterocycles. The molecule has 3 rings (SSSR count). The second-order valence-electron chi connectivity index (χ2n) is 5.88. The molecule has 2 aromatic rings. The fourth-order valence-electron chi connectivity index (χ4n) is 2.76. The molecule has 0 saturated heterocycles. The van der Waals surface area contributed by atoms with Gasteiger partial charge in [-0.1, -0.05) is 31.2 Å². The topological polar surface area (TPSA) is 31.9 Å².